The number of likely N-dealkylation sites (N-methyl/N-ethyl adjacent to an activating group) is 1. The van der Waals surface area contributed by atoms with Crippen LogP contribution in [0.2, 0.25) is 0 Å². The number of hydrogen-bond donors (Lipinski definition) is 0. The first-order valence-electron chi connectivity index (χ1n) is 3.65. The Hall–Kier alpha value is -0.730. The van der Waals surface area contributed by atoms with Gasteiger partial charge >= 0.3 is 0 Å². The minimum absolute atomic E-state index is 0.395. The highest BCUT2D eigenvalue weighted by Crippen LogP contribution is 2.06. The Morgan fingerprint density at radius 2 is 2.50 bits per heavy atom. The van der Waals surface area contributed by atoms with E-state index in [1.165, 1.54) is 0 Å². The third-order valence-electron chi connectivity index (χ3n) is 1.47. The summed E-state index contributed by atoms with van der Waals surface area (Å²) in [4.78, 5) is 6.32. The van der Waals surface area contributed by atoms with Crippen molar-refractivity contribution in [2.24, 2.45) is 4.99 Å². The second kappa shape index (κ2) is 2.90. The van der Waals surface area contributed by atoms with Crippen molar-refractivity contribution in [1.82, 2.24) is 4.90 Å². The SMILES string of the molecule is CCOC1=NC(C)CN1C. The molecule has 0 saturated carbocycles. The van der Waals surface area contributed by atoms with E-state index in [9.17, 15) is 0 Å². The summed E-state index contributed by atoms with van der Waals surface area (Å²) in [5.74, 6) is 0. The van der Waals surface area contributed by atoms with Crippen molar-refractivity contribution in [1.29, 1.82) is 0 Å². The van der Waals surface area contributed by atoms with Gasteiger partial charge in [0.05, 0.1) is 12.6 Å². The maximum absolute atomic E-state index is 5.26. The lowest BCUT2D eigenvalue weighted by molar-refractivity contribution is 0.275. The van der Waals surface area contributed by atoms with Crippen molar-refractivity contribution in [3.05, 3.63) is 0 Å². The number of nitrogens with zero attached hydrogens (tertiary/aromatic N) is 2. The summed E-state index contributed by atoms with van der Waals surface area (Å²) < 4.78 is 5.26. The van der Waals surface area contributed by atoms with Crippen LogP contribution in [0.15, 0.2) is 4.99 Å². The Kier molecular flexibility index (Phi) is 2.14. The van der Waals surface area contributed by atoms with Crippen LogP contribution in [-0.2, 0) is 4.74 Å². The summed E-state index contributed by atoms with van der Waals surface area (Å²) in [6.07, 6.45) is 0. The van der Waals surface area contributed by atoms with Gasteiger partial charge in [0, 0.05) is 13.6 Å². The Balaban J connectivity index is 2.48. The fourth-order valence-electron chi connectivity index (χ4n) is 1.08. The minimum Gasteiger partial charge on any atom is -0.465 e. The third-order valence-corrected chi connectivity index (χ3v) is 1.47. The topological polar surface area (TPSA) is 24.8 Å². The van der Waals surface area contributed by atoms with Crippen LogP contribution < -0.4 is 0 Å². The molecule has 10 heavy (non-hydrogen) atoms. The van der Waals surface area contributed by atoms with Gasteiger partial charge in [0.25, 0.3) is 6.02 Å². The fraction of sp³-hybridized carbons (Fsp3) is 0.857. The van der Waals surface area contributed by atoms with Crippen LogP contribution >= 0.6 is 0 Å². The minimum atomic E-state index is 0.395. The molecule has 0 amide bonds. The molecule has 0 fully saturated rings. The van der Waals surface area contributed by atoms with Gasteiger partial charge in [0.15, 0.2) is 0 Å². The van der Waals surface area contributed by atoms with E-state index < -0.39 is 0 Å². The number of aliphatic imine (C=N–C) groups is 1. The van der Waals surface area contributed by atoms with Gasteiger partial charge < -0.3 is 9.64 Å². The Labute approximate surface area is 61.7 Å². The van der Waals surface area contributed by atoms with Gasteiger partial charge in [-0.15, -0.1) is 0 Å². The fourth-order valence-corrected chi connectivity index (χ4v) is 1.08. The predicted octanol–water partition coefficient (Wildman–Crippen LogP) is 0.713. The van der Waals surface area contributed by atoms with Crippen molar-refractivity contribution in [2.45, 2.75) is 19.9 Å². The number of rotatable bonds is 1. The molecule has 1 rings (SSSR count). The normalized spacial score (nSPS) is 24.9. The summed E-state index contributed by atoms with van der Waals surface area (Å²) in [7, 11) is 2.00. The van der Waals surface area contributed by atoms with Gasteiger partial charge in [-0.25, -0.2) is 4.99 Å². The van der Waals surface area contributed by atoms with Crippen LogP contribution in [0, 0.1) is 0 Å². The zero-order chi connectivity index (χ0) is 7.56. The molecule has 1 heterocycles. The quantitative estimate of drug-likeness (QED) is 0.538. The standard InChI is InChI=1S/C7H14N2O/c1-4-10-7-8-6(2)5-9(7)3/h6H,4-5H2,1-3H3. The second-order valence-corrected chi connectivity index (χ2v) is 2.57. The van der Waals surface area contributed by atoms with Crippen molar-refractivity contribution in [3.63, 3.8) is 0 Å². The van der Waals surface area contributed by atoms with Crippen molar-refractivity contribution >= 4 is 6.02 Å². The molecule has 1 aliphatic rings. The van der Waals surface area contributed by atoms with Crippen molar-refractivity contribution < 1.29 is 4.74 Å². The molecule has 0 aromatic heterocycles. The highest BCUT2D eigenvalue weighted by molar-refractivity contribution is 5.75. The lowest BCUT2D eigenvalue weighted by Crippen LogP contribution is -2.25. The van der Waals surface area contributed by atoms with E-state index in [0.29, 0.717) is 12.6 Å². The maximum Gasteiger partial charge on any atom is 0.287 e. The molecule has 0 N–H and O–H groups in total. The zero-order valence-corrected chi connectivity index (χ0v) is 6.79. The van der Waals surface area contributed by atoms with Gasteiger partial charge in [-0.3, -0.25) is 0 Å². The second-order valence-electron chi connectivity index (χ2n) is 2.57. The molecular formula is C7H14N2O. The lowest BCUT2D eigenvalue weighted by Gasteiger charge is -2.12. The van der Waals surface area contributed by atoms with Crippen LogP contribution in [0.25, 0.3) is 0 Å². The van der Waals surface area contributed by atoms with E-state index in [1.54, 1.807) is 0 Å². The molecule has 0 aliphatic carbocycles. The molecule has 0 radical (unpaired) electrons. The van der Waals surface area contributed by atoms with Crippen molar-refractivity contribution in [2.75, 3.05) is 20.2 Å². The molecule has 0 bridgehead atoms. The average molecular weight is 142 g/mol. The molecule has 0 saturated heterocycles. The molecule has 0 aromatic carbocycles. The number of hydrogen-bond acceptors (Lipinski definition) is 3. The summed E-state index contributed by atoms with van der Waals surface area (Å²) in [5.41, 5.74) is 0. The molecule has 0 spiro atoms. The zero-order valence-electron chi connectivity index (χ0n) is 6.79. The Bertz CT molecular complexity index is 145. The lowest BCUT2D eigenvalue weighted by atomic mass is 10.4. The smallest absolute Gasteiger partial charge is 0.287 e. The Morgan fingerprint density at radius 1 is 1.80 bits per heavy atom. The molecule has 0 aromatic rings. The first-order valence-corrected chi connectivity index (χ1v) is 3.65. The summed E-state index contributed by atoms with van der Waals surface area (Å²) in [6, 6.07) is 1.18. The van der Waals surface area contributed by atoms with Crippen LogP contribution in [0.3, 0.4) is 0 Å². The first kappa shape index (κ1) is 7.38. The monoisotopic (exact) mass is 142 g/mol. The van der Waals surface area contributed by atoms with Crippen LogP contribution in [-0.4, -0.2) is 37.2 Å². The van der Waals surface area contributed by atoms with E-state index in [4.69, 9.17) is 4.74 Å². The van der Waals surface area contributed by atoms with E-state index >= 15 is 0 Å². The molecule has 3 heteroatoms. The van der Waals surface area contributed by atoms with E-state index in [0.717, 1.165) is 12.6 Å². The third kappa shape index (κ3) is 1.40. The van der Waals surface area contributed by atoms with Gasteiger partial charge in [-0.2, -0.15) is 0 Å². The average Bonchev–Trinajstić information content (AvgIpc) is 2.13. The van der Waals surface area contributed by atoms with Gasteiger partial charge in [0.1, 0.15) is 0 Å². The maximum atomic E-state index is 5.26. The molecule has 58 valence electrons. The predicted molar refractivity (Wildman–Crippen MR) is 41.2 cm³/mol. The first-order chi connectivity index (χ1) is 4.74. The van der Waals surface area contributed by atoms with Crippen LogP contribution in [0.5, 0.6) is 0 Å². The van der Waals surface area contributed by atoms with E-state index in [2.05, 4.69) is 11.9 Å². The molecule has 1 unspecified atom stereocenters. The van der Waals surface area contributed by atoms with Gasteiger partial charge in [-0.1, -0.05) is 0 Å². The molecule has 1 atom stereocenters. The van der Waals surface area contributed by atoms with Gasteiger partial charge in [0.2, 0.25) is 0 Å². The van der Waals surface area contributed by atoms with Crippen molar-refractivity contribution in [3.8, 4) is 0 Å². The highest BCUT2D eigenvalue weighted by atomic mass is 16.5. The summed E-state index contributed by atoms with van der Waals surface area (Å²) in [5, 5.41) is 0. The molecule has 1 aliphatic heterocycles. The largest absolute Gasteiger partial charge is 0.465 e. The molecule has 3 nitrogen and oxygen atoms in total. The Morgan fingerprint density at radius 3 is 2.90 bits per heavy atom. The number of ether oxygens (including phenoxy) is 1. The van der Waals surface area contributed by atoms with E-state index in [1.807, 2.05) is 18.9 Å². The molecular weight excluding hydrogens is 128 g/mol. The number of amidine groups is 1. The summed E-state index contributed by atoms with van der Waals surface area (Å²) in [6.45, 7) is 5.74. The van der Waals surface area contributed by atoms with E-state index in [-0.39, 0.29) is 0 Å². The van der Waals surface area contributed by atoms with Crippen LogP contribution in [0.4, 0.5) is 0 Å². The highest BCUT2D eigenvalue weighted by Gasteiger charge is 2.18. The van der Waals surface area contributed by atoms with Crippen LogP contribution in [0.1, 0.15) is 13.8 Å². The summed E-state index contributed by atoms with van der Waals surface area (Å²) >= 11 is 0. The van der Waals surface area contributed by atoms with Gasteiger partial charge in [-0.05, 0) is 13.8 Å².